The molecule has 0 spiro atoms. The first-order valence-corrected chi connectivity index (χ1v) is 6.58. The molecule has 0 aliphatic rings. The SMILES string of the molecule is Cn1nc(CCN)c(Br)c1-c1cc(Cl)ccc1F. The first-order valence-electron chi connectivity index (χ1n) is 5.41. The van der Waals surface area contributed by atoms with E-state index in [1.54, 1.807) is 17.8 Å². The van der Waals surface area contributed by atoms with Gasteiger partial charge in [-0.15, -0.1) is 0 Å². The lowest BCUT2D eigenvalue weighted by molar-refractivity contribution is 0.627. The Hall–Kier alpha value is -0.910. The Labute approximate surface area is 118 Å². The van der Waals surface area contributed by atoms with E-state index in [0.717, 1.165) is 10.2 Å². The third kappa shape index (κ3) is 2.43. The number of hydrogen-bond donors (Lipinski definition) is 1. The molecule has 0 saturated heterocycles. The van der Waals surface area contributed by atoms with Crippen molar-refractivity contribution in [2.45, 2.75) is 6.42 Å². The molecule has 1 aromatic carbocycles. The Morgan fingerprint density at radius 2 is 2.22 bits per heavy atom. The molecule has 2 rings (SSSR count). The molecule has 0 aliphatic carbocycles. The minimum absolute atomic E-state index is 0.331. The minimum Gasteiger partial charge on any atom is -0.330 e. The zero-order valence-electron chi connectivity index (χ0n) is 9.75. The Balaban J connectivity index is 2.60. The number of halogens is 3. The predicted molar refractivity (Wildman–Crippen MR) is 74.1 cm³/mol. The summed E-state index contributed by atoms with van der Waals surface area (Å²) in [4.78, 5) is 0. The van der Waals surface area contributed by atoms with Crippen molar-refractivity contribution in [1.82, 2.24) is 9.78 Å². The van der Waals surface area contributed by atoms with Crippen LogP contribution >= 0.6 is 27.5 Å². The summed E-state index contributed by atoms with van der Waals surface area (Å²) >= 11 is 9.36. The van der Waals surface area contributed by atoms with Gasteiger partial charge in [0.15, 0.2) is 0 Å². The van der Waals surface area contributed by atoms with Gasteiger partial charge in [0.1, 0.15) is 5.82 Å². The summed E-state index contributed by atoms with van der Waals surface area (Å²) in [6.07, 6.45) is 0.636. The molecule has 0 aliphatic heterocycles. The summed E-state index contributed by atoms with van der Waals surface area (Å²) in [5.74, 6) is -0.331. The first kappa shape index (κ1) is 13.5. The van der Waals surface area contributed by atoms with E-state index in [4.69, 9.17) is 17.3 Å². The predicted octanol–water partition coefficient (Wildman–Crippen LogP) is 3.14. The summed E-state index contributed by atoms with van der Waals surface area (Å²) in [7, 11) is 1.76. The average Bonchev–Trinajstić information content (AvgIpc) is 2.59. The van der Waals surface area contributed by atoms with E-state index in [2.05, 4.69) is 21.0 Å². The van der Waals surface area contributed by atoms with Crippen LogP contribution in [0.1, 0.15) is 5.69 Å². The number of benzene rings is 1. The molecule has 6 heteroatoms. The van der Waals surface area contributed by atoms with Crippen LogP contribution in [0.5, 0.6) is 0 Å². The highest BCUT2D eigenvalue weighted by atomic mass is 79.9. The second-order valence-electron chi connectivity index (χ2n) is 3.90. The van der Waals surface area contributed by atoms with Crippen LogP contribution in [0.25, 0.3) is 11.3 Å². The molecule has 18 heavy (non-hydrogen) atoms. The van der Waals surface area contributed by atoms with Crippen LogP contribution in [0.2, 0.25) is 5.02 Å². The maximum atomic E-state index is 13.9. The zero-order chi connectivity index (χ0) is 13.3. The molecule has 0 fully saturated rings. The summed E-state index contributed by atoms with van der Waals surface area (Å²) in [6, 6.07) is 4.45. The highest BCUT2D eigenvalue weighted by Gasteiger charge is 2.18. The molecule has 1 heterocycles. The fourth-order valence-corrected chi connectivity index (χ4v) is 2.74. The van der Waals surface area contributed by atoms with Crippen molar-refractivity contribution >= 4 is 27.5 Å². The van der Waals surface area contributed by atoms with Gasteiger partial charge in [-0.1, -0.05) is 11.6 Å². The molecule has 0 amide bonds. The van der Waals surface area contributed by atoms with Gasteiger partial charge in [-0.25, -0.2) is 4.39 Å². The number of nitrogens with zero attached hydrogens (tertiary/aromatic N) is 2. The molecule has 0 bridgehead atoms. The molecule has 2 aromatic rings. The van der Waals surface area contributed by atoms with E-state index in [1.165, 1.54) is 12.1 Å². The molecule has 0 saturated carbocycles. The van der Waals surface area contributed by atoms with Gasteiger partial charge in [-0.2, -0.15) is 5.10 Å². The average molecular weight is 333 g/mol. The van der Waals surface area contributed by atoms with Gasteiger partial charge in [0.2, 0.25) is 0 Å². The molecule has 1 aromatic heterocycles. The topological polar surface area (TPSA) is 43.8 Å². The van der Waals surface area contributed by atoms with Crippen molar-refractivity contribution < 1.29 is 4.39 Å². The highest BCUT2D eigenvalue weighted by molar-refractivity contribution is 9.10. The summed E-state index contributed by atoms with van der Waals surface area (Å²) in [5.41, 5.74) is 7.42. The van der Waals surface area contributed by atoms with E-state index in [1.807, 2.05) is 0 Å². The maximum absolute atomic E-state index is 13.9. The van der Waals surface area contributed by atoms with E-state index in [0.29, 0.717) is 29.2 Å². The number of rotatable bonds is 3. The van der Waals surface area contributed by atoms with Crippen molar-refractivity contribution in [1.29, 1.82) is 0 Å². The van der Waals surface area contributed by atoms with E-state index in [9.17, 15) is 4.39 Å². The highest BCUT2D eigenvalue weighted by Crippen LogP contribution is 2.33. The Kier molecular flexibility index (Phi) is 4.04. The van der Waals surface area contributed by atoms with Crippen molar-refractivity contribution in [3.05, 3.63) is 39.2 Å². The lowest BCUT2D eigenvalue weighted by atomic mass is 10.1. The van der Waals surface area contributed by atoms with Crippen LogP contribution in [-0.2, 0) is 13.5 Å². The van der Waals surface area contributed by atoms with Gasteiger partial charge >= 0.3 is 0 Å². The monoisotopic (exact) mass is 331 g/mol. The largest absolute Gasteiger partial charge is 0.330 e. The van der Waals surface area contributed by atoms with Crippen molar-refractivity contribution in [3.63, 3.8) is 0 Å². The summed E-state index contributed by atoms with van der Waals surface area (Å²) in [5, 5.41) is 4.81. The second-order valence-corrected chi connectivity index (χ2v) is 5.13. The maximum Gasteiger partial charge on any atom is 0.132 e. The summed E-state index contributed by atoms with van der Waals surface area (Å²) in [6.45, 7) is 0.493. The van der Waals surface area contributed by atoms with Crippen LogP contribution in [0.3, 0.4) is 0 Å². The van der Waals surface area contributed by atoms with Gasteiger partial charge in [0.05, 0.1) is 15.9 Å². The van der Waals surface area contributed by atoms with Crippen molar-refractivity contribution in [3.8, 4) is 11.3 Å². The lowest BCUT2D eigenvalue weighted by Gasteiger charge is -2.05. The lowest BCUT2D eigenvalue weighted by Crippen LogP contribution is -2.04. The van der Waals surface area contributed by atoms with Crippen LogP contribution in [-0.4, -0.2) is 16.3 Å². The Bertz CT molecular complexity index is 583. The number of nitrogens with two attached hydrogens (primary N) is 1. The number of aryl methyl sites for hydroxylation is 1. The smallest absolute Gasteiger partial charge is 0.132 e. The third-order valence-corrected chi connectivity index (χ3v) is 3.69. The fraction of sp³-hybridized carbons (Fsp3) is 0.250. The van der Waals surface area contributed by atoms with Gasteiger partial charge in [-0.3, -0.25) is 4.68 Å². The first-order chi connectivity index (χ1) is 8.54. The van der Waals surface area contributed by atoms with Crippen LogP contribution < -0.4 is 5.73 Å². The molecule has 0 atom stereocenters. The molecule has 0 unspecified atom stereocenters. The van der Waals surface area contributed by atoms with Crippen LogP contribution in [0.4, 0.5) is 4.39 Å². The molecular formula is C12H12BrClFN3. The van der Waals surface area contributed by atoms with Gasteiger partial charge in [0.25, 0.3) is 0 Å². The third-order valence-electron chi connectivity index (χ3n) is 2.62. The number of hydrogen-bond acceptors (Lipinski definition) is 2. The zero-order valence-corrected chi connectivity index (χ0v) is 12.1. The standard InChI is InChI=1S/C12H12BrClFN3/c1-18-12(11(13)10(17-18)4-5-16)8-6-7(14)2-3-9(8)15/h2-3,6H,4-5,16H2,1H3. The van der Waals surface area contributed by atoms with Crippen molar-refractivity contribution in [2.24, 2.45) is 12.8 Å². The van der Waals surface area contributed by atoms with E-state index in [-0.39, 0.29) is 5.82 Å². The van der Waals surface area contributed by atoms with E-state index >= 15 is 0 Å². The molecule has 3 nitrogen and oxygen atoms in total. The van der Waals surface area contributed by atoms with E-state index < -0.39 is 0 Å². The molecule has 96 valence electrons. The van der Waals surface area contributed by atoms with Gasteiger partial charge in [0, 0.05) is 24.1 Å². The Morgan fingerprint density at radius 3 is 2.89 bits per heavy atom. The Morgan fingerprint density at radius 1 is 1.50 bits per heavy atom. The minimum atomic E-state index is -0.331. The summed E-state index contributed by atoms with van der Waals surface area (Å²) < 4.78 is 16.3. The quantitative estimate of drug-likeness (QED) is 0.938. The van der Waals surface area contributed by atoms with Gasteiger partial charge in [-0.05, 0) is 40.7 Å². The van der Waals surface area contributed by atoms with Crippen LogP contribution in [0, 0.1) is 5.82 Å². The van der Waals surface area contributed by atoms with Crippen molar-refractivity contribution in [2.75, 3.05) is 6.54 Å². The molecule has 2 N–H and O–H groups in total. The molecular weight excluding hydrogens is 321 g/mol. The van der Waals surface area contributed by atoms with Gasteiger partial charge < -0.3 is 5.73 Å². The normalized spacial score (nSPS) is 10.9. The second kappa shape index (κ2) is 5.38. The molecule has 0 radical (unpaired) electrons. The van der Waals surface area contributed by atoms with Crippen LogP contribution in [0.15, 0.2) is 22.7 Å². The fourth-order valence-electron chi connectivity index (χ4n) is 1.82. The number of aromatic nitrogens is 2.